The van der Waals surface area contributed by atoms with Crippen molar-refractivity contribution >= 4 is 5.69 Å². The topological polar surface area (TPSA) is 15.7 Å². The van der Waals surface area contributed by atoms with Crippen LogP contribution >= 0.6 is 0 Å². The zero-order chi connectivity index (χ0) is 20.4. The molecule has 0 unspecified atom stereocenters. The van der Waals surface area contributed by atoms with Crippen LogP contribution in [0.5, 0.6) is 5.75 Å². The molecule has 2 aromatic rings. The van der Waals surface area contributed by atoms with E-state index in [0.717, 1.165) is 31.5 Å². The SMILES string of the molecule is CC(C)(C)Oc1ccc(CN2CCN(c3cccc(C(F)(F)F)c3)CC2)cc1. The number of anilines is 1. The highest BCUT2D eigenvalue weighted by Gasteiger charge is 2.31. The first-order valence-electron chi connectivity index (χ1n) is 9.53. The molecular weight excluding hydrogens is 365 g/mol. The summed E-state index contributed by atoms with van der Waals surface area (Å²) in [5.41, 5.74) is 1.03. The lowest BCUT2D eigenvalue weighted by molar-refractivity contribution is -0.137. The van der Waals surface area contributed by atoms with E-state index in [0.29, 0.717) is 18.8 Å². The number of piperazine rings is 1. The third-order valence-electron chi connectivity index (χ3n) is 4.66. The first-order chi connectivity index (χ1) is 13.1. The maximum atomic E-state index is 12.9. The lowest BCUT2D eigenvalue weighted by atomic mass is 10.1. The minimum atomic E-state index is -4.30. The smallest absolute Gasteiger partial charge is 0.416 e. The Morgan fingerprint density at radius 3 is 2.11 bits per heavy atom. The van der Waals surface area contributed by atoms with Crippen molar-refractivity contribution in [3.05, 3.63) is 59.7 Å². The standard InChI is InChI=1S/C22H27F3N2O/c1-21(2,3)28-20-9-7-17(8-10-20)16-26-11-13-27(14-12-26)19-6-4-5-18(15-19)22(23,24)25/h4-10,15H,11-14,16H2,1-3H3. The molecule has 28 heavy (non-hydrogen) atoms. The van der Waals surface area contributed by atoms with Gasteiger partial charge in [0.2, 0.25) is 0 Å². The molecule has 152 valence electrons. The zero-order valence-electron chi connectivity index (χ0n) is 16.6. The second-order valence-corrected chi connectivity index (χ2v) is 8.17. The van der Waals surface area contributed by atoms with Crippen molar-refractivity contribution < 1.29 is 17.9 Å². The van der Waals surface area contributed by atoms with Crippen molar-refractivity contribution in [2.75, 3.05) is 31.1 Å². The van der Waals surface area contributed by atoms with Crippen molar-refractivity contribution in [2.45, 2.75) is 39.1 Å². The van der Waals surface area contributed by atoms with E-state index in [1.54, 1.807) is 6.07 Å². The molecular formula is C22H27F3N2O. The molecule has 1 aliphatic rings. The summed E-state index contributed by atoms with van der Waals surface area (Å²) in [6.45, 7) is 9.94. The number of rotatable bonds is 4. The van der Waals surface area contributed by atoms with E-state index < -0.39 is 11.7 Å². The Bertz CT molecular complexity index is 774. The Morgan fingerprint density at radius 2 is 1.54 bits per heavy atom. The second-order valence-electron chi connectivity index (χ2n) is 8.17. The summed E-state index contributed by atoms with van der Waals surface area (Å²) in [6, 6.07) is 13.7. The molecule has 1 fully saturated rings. The molecule has 0 aromatic heterocycles. The van der Waals surface area contributed by atoms with Crippen LogP contribution in [-0.4, -0.2) is 36.7 Å². The van der Waals surface area contributed by atoms with Gasteiger partial charge in [-0.25, -0.2) is 0 Å². The molecule has 0 amide bonds. The van der Waals surface area contributed by atoms with Crippen LogP contribution in [0.1, 0.15) is 31.9 Å². The van der Waals surface area contributed by atoms with Crippen molar-refractivity contribution in [3.8, 4) is 5.75 Å². The quantitative estimate of drug-likeness (QED) is 0.711. The van der Waals surface area contributed by atoms with Crippen LogP contribution in [0.25, 0.3) is 0 Å². The molecule has 1 heterocycles. The van der Waals surface area contributed by atoms with E-state index in [1.807, 2.05) is 37.8 Å². The number of nitrogens with zero attached hydrogens (tertiary/aromatic N) is 2. The van der Waals surface area contributed by atoms with Crippen LogP contribution < -0.4 is 9.64 Å². The van der Waals surface area contributed by atoms with Gasteiger partial charge in [0.05, 0.1) is 5.56 Å². The normalized spacial score (nSPS) is 16.3. The van der Waals surface area contributed by atoms with Gasteiger partial charge in [0.1, 0.15) is 11.4 Å². The molecule has 3 nitrogen and oxygen atoms in total. The summed E-state index contributed by atoms with van der Waals surface area (Å²) in [7, 11) is 0. The third-order valence-corrected chi connectivity index (χ3v) is 4.66. The fourth-order valence-electron chi connectivity index (χ4n) is 3.32. The van der Waals surface area contributed by atoms with E-state index >= 15 is 0 Å². The highest BCUT2D eigenvalue weighted by atomic mass is 19.4. The summed E-state index contributed by atoms with van der Waals surface area (Å²) in [6.07, 6.45) is -4.30. The molecule has 0 atom stereocenters. The van der Waals surface area contributed by atoms with Gasteiger partial charge >= 0.3 is 6.18 Å². The van der Waals surface area contributed by atoms with E-state index in [4.69, 9.17) is 4.74 Å². The number of alkyl halides is 3. The maximum Gasteiger partial charge on any atom is 0.416 e. The molecule has 0 aliphatic carbocycles. The van der Waals surface area contributed by atoms with Gasteiger partial charge in [-0.3, -0.25) is 4.90 Å². The maximum absolute atomic E-state index is 12.9. The highest BCUT2D eigenvalue weighted by Crippen LogP contribution is 2.32. The van der Waals surface area contributed by atoms with Gasteiger partial charge in [0.25, 0.3) is 0 Å². The third kappa shape index (κ3) is 5.64. The second kappa shape index (κ2) is 8.03. The number of ether oxygens (including phenoxy) is 1. The Hall–Kier alpha value is -2.21. The molecule has 0 N–H and O–H groups in total. The molecule has 1 saturated heterocycles. The van der Waals surface area contributed by atoms with Crippen LogP contribution in [0, 0.1) is 0 Å². The fourth-order valence-corrected chi connectivity index (χ4v) is 3.32. The molecule has 0 saturated carbocycles. The van der Waals surface area contributed by atoms with Crippen LogP contribution in [0.4, 0.5) is 18.9 Å². The summed E-state index contributed by atoms with van der Waals surface area (Å²) in [5, 5.41) is 0. The molecule has 0 spiro atoms. The minimum Gasteiger partial charge on any atom is -0.488 e. The van der Waals surface area contributed by atoms with E-state index in [2.05, 4.69) is 17.0 Å². The van der Waals surface area contributed by atoms with Gasteiger partial charge in [-0.05, 0) is 56.7 Å². The molecule has 6 heteroatoms. The summed E-state index contributed by atoms with van der Waals surface area (Å²) in [4.78, 5) is 4.34. The van der Waals surface area contributed by atoms with Crippen molar-refractivity contribution in [2.24, 2.45) is 0 Å². The van der Waals surface area contributed by atoms with Crippen molar-refractivity contribution in [3.63, 3.8) is 0 Å². The molecule has 0 bridgehead atoms. The average Bonchev–Trinajstić information content (AvgIpc) is 2.62. The van der Waals surface area contributed by atoms with Crippen LogP contribution in [0.3, 0.4) is 0 Å². The molecule has 1 aliphatic heterocycles. The van der Waals surface area contributed by atoms with Crippen LogP contribution in [-0.2, 0) is 12.7 Å². The van der Waals surface area contributed by atoms with Gasteiger partial charge in [-0.1, -0.05) is 18.2 Å². The lowest BCUT2D eigenvalue weighted by Crippen LogP contribution is -2.46. The molecule has 3 rings (SSSR count). The lowest BCUT2D eigenvalue weighted by Gasteiger charge is -2.36. The molecule has 2 aromatic carbocycles. The predicted octanol–water partition coefficient (Wildman–Crippen LogP) is 5.20. The first kappa shape index (κ1) is 20.5. The van der Waals surface area contributed by atoms with Gasteiger partial charge in [-0.15, -0.1) is 0 Å². The predicted molar refractivity (Wildman–Crippen MR) is 106 cm³/mol. The van der Waals surface area contributed by atoms with Crippen LogP contribution in [0.15, 0.2) is 48.5 Å². The van der Waals surface area contributed by atoms with E-state index in [1.165, 1.54) is 17.7 Å². The van der Waals surface area contributed by atoms with E-state index in [9.17, 15) is 13.2 Å². The highest BCUT2D eigenvalue weighted by molar-refractivity contribution is 5.49. The fraction of sp³-hybridized carbons (Fsp3) is 0.455. The van der Waals surface area contributed by atoms with E-state index in [-0.39, 0.29) is 5.60 Å². The Morgan fingerprint density at radius 1 is 0.893 bits per heavy atom. The minimum absolute atomic E-state index is 0.221. The first-order valence-corrected chi connectivity index (χ1v) is 9.53. The summed E-state index contributed by atoms with van der Waals surface area (Å²) < 4.78 is 44.6. The van der Waals surface area contributed by atoms with Crippen molar-refractivity contribution in [1.29, 1.82) is 0 Å². The Kier molecular flexibility index (Phi) is 5.89. The average molecular weight is 392 g/mol. The number of hydrogen-bond acceptors (Lipinski definition) is 3. The van der Waals surface area contributed by atoms with Gasteiger partial charge in [0, 0.05) is 38.4 Å². The summed E-state index contributed by atoms with van der Waals surface area (Å²) in [5.74, 6) is 0.852. The number of halogens is 3. The van der Waals surface area contributed by atoms with Crippen LogP contribution in [0.2, 0.25) is 0 Å². The Balaban J connectivity index is 1.54. The Labute approximate surface area is 164 Å². The summed E-state index contributed by atoms with van der Waals surface area (Å²) >= 11 is 0. The molecule has 0 radical (unpaired) electrons. The van der Waals surface area contributed by atoms with Gasteiger partial charge < -0.3 is 9.64 Å². The monoisotopic (exact) mass is 392 g/mol. The van der Waals surface area contributed by atoms with Gasteiger partial charge in [-0.2, -0.15) is 13.2 Å². The number of hydrogen-bond donors (Lipinski definition) is 0. The largest absolute Gasteiger partial charge is 0.488 e. The zero-order valence-corrected chi connectivity index (χ0v) is 16.6. The van der Waals surface area contributed by atoms with Gasteiger partial charge in [0.15, 0.2) is 0 Å². The van der Waals surface area contributed by atoms with Crippen molar-refractivity contribution in [1.82, 2.24) is 4.90 Å². The number of benzene rings is 2.